The molecule has 1 heterocycles. The Morgan fingerprint density at radius 2 is 1.96 bits per heavy atom. The Balaban J connectivity index is 1.49. The smallest absolute Gasteiger partial charge is 0.165 e. The van der Waals surface area contributed by atoms with Gasteiger partial charge in [0.25, 0.3) is 0 Å². The Kier molecular flexibility index (Phi) is 4.07. The highest BCUT2D eigenvalue weighted by Crippen LogP contribution is 2.64. The first-order valence-electron chi connectivity index (χ1n) is 10.6. The molecule has 0 aliphatic heterocycles. The van der Waals surface area contributed by atoms with E-state index in [1.807, 2.05) is 0 Å². The first kappa shape index (κ1) is 17.9. The van der Waals surface area contributed by atoms with Gasteiger partial charge in [-0.05, 0) is 91.2 Å². The van der Waals surface area contributed by atoms with E-state index in [4.69, 9.17) is 0 Å². The fraction of sp³-hybridized carbons (Fsp3) is 0.625. The predicted molar refractivity (Wildman–Crippen MR) is 110 cm³/mol. The second-order valence-corrected chi connectivity index (χ2v) is 10.8. The Bertz CT molecular complexity index is 819. The lowest BCUT2D eigenvalue weighted by Gasteiger charge is -2.56. The van der Waals surface area contributed by atoms with Crippen molar-refractivity contribution in [3.05, 3.63) is 39.6 Å². The highest BCUT2D eigenvalue weighted by Gasteiger charge is 2.59. The van der Waals surface area contributed by atoms with E-state index in [0.717, 1.165) is 44.1 Å². The predicted octanol–water partition coefficient (Wildman–Crippen LogP) is 5.63. The molecule has 0 aromatic carbocycles. The normalized spacial score (nSPS) is 45.2. The number of rotatable bonds is 1. The summed E-state index contributed by atoms with van der Waals surface area (Å²) in [7, 11) is 0. The number of aliphatic hydroxyl groups is 1. The number of hydrogen-bond donors (Lipinski definition) is 1. The average Bonchev–Trinajstić information content (AvgIpc) is 3.24. The minimum absolute atomic E-state index is 0.150. The SMILES string of the molecule is C[C@@]12CC[C@H]3[C@@H](CC=C4C[C@H](O)CC[C@]43C)[C@H]1CC(=Cc1cccs1)C2=O. The van der Waals surface area contributed by atoms with Gasteiger partial charge in [-0.2, -0.15) is 0 Å². The Morgan fingerprint density at radius 3 is 2.74 bits per heavy atom. The molecule has 0 amide bonds. The molecule has 27 heavy (non-hydrogen) atoms. The van der Waals surface area contributed by atoms with Crippen molar-refractivity contribution in [2.24, 2.45) is 28.6 Å². The summed E-state index contributed by atoms with van der Waals surface area (Å²) in [6.45, 7) is 4.70. The molecule has 1 N–H and O–H groups in total. The summed E-state index contributed by atoms with van der Waals surface area (Å²) in [5.41, 5.74) is 2.64. The van der Waals surface area contributed by atoms with Gasteiger partial charge in [-0.1, -0.05) is 31.6 Å². The first-order chi connectivity index (χ1) is 12.9. The van der Waals surface area contributed by atoms with Gasteiger partial charge in [-0.3, -0.25) is 4.79 Å². The summed E-state index contributed by atoms with van der Waals surface area (Å²) in [4.78, 5) is 14.6. The molecule has 144 valence electrons. The molecule has 0 bridgehead atoms. The Morgan fingerprint density at radius 1 is 1.15 bits per heavy atom. The van der Waals surface area contributed by atoms with Gasteiger partial charge in [-0.15, -0.1) is 11.3 Å². The van der Waals surface area contributed by atoms with Crippen LogP contribution in [0.1, 0.15) is 63.7 Å². The van der Waals surface area contributed by atoms with E-state index in [1.165, 1.54) is 16.9 Å². The van der Waals surface area contributed by atoms with Crippen LogP contribution in [0.4, 0.5) is 0 Å². The molecular weight excluding hydrogens is 352 g/mol. The second-order valence-electron chi connectivity index (χ2n) is 9.83. The van der Waals surface area contributed by atoms with E-state index < -0.39 is 0 Å². The van der Waals surface area contributed by atoms with Crippen LogP contribution >= 0.6 is 11.3 Å². The maximum atomic E-state index is 13.4. The van der Waals surface area contributed by atoms with Crippen LogP contribution in [0.5, 0.6) is 0 Å². The summed E-state index contributed by atoms with van der Waals surface area (Å²) >= 11 is 1.72. The lowest BCUT2D eigenvalue weighted by atomic mass is 9.48. The molecule has 4 aliphatic rings. The van der Waals surface area contributed by atoms with E-state index in [-0.39, 0.29) is 16.9 Å². The van der Waals surface area contributed by atoms with Crippen LogP contribution in [-0.2, 0) is 4.79 Å². The molecule has 1 aromatic heterocycles. The molecule has 0 radical (unpaired) electrons. The number of carbonyl (C=O) groups is 1. The van der Waals surface area contributed by atoms with Crippen molar-refractivity contribution in [3.8, 4) is 0 Å². The molecule has 3 saturated carbocycles. The molecule has 5 rings (SSSR count). The molecule has 2 nitrogen and oxygen atoms in total. The number of fused-ring (bicyclic) bond motifs is 5. The summed E-state index contributed by atoms with van der Waals surface area (Å²) in [6.07, 6.45) is 11.6. The standard InChI is InChI=1S/C24H30O2S/c1-23-9-7-17(25)14-16(23)5-6-19-20(23)8-10-24(2)21(19)13-15(22(24)26)12-18-4-3-11-27-18/h3-5,11-12,17,19-21,25H,6-10,13-14H2,1-2H3/t17-,19-,20+,21-,23-,24-/m1/s1. The maximum absolute atomic E-state index is 13.4. The van der Waals surface area contributed by atoms with Crippen molar-refractivity contribution in [3.63, 3.8) is 0 Å². The van der Waals surface area contributed by atoms with Gasteiger partial charge in [-0.25, -0.2) is 0 Å². The van der Waals surface area contributed by atoms with Gasteiger partial charge >= 0.3 is 0 Å². The molecule has 0 spiro atoms. The fourth-order valence-electron chi connectivity index (χ4n) is 6.99. The third-order valence-corrected chi connectivity index (χ3v) is 9.40. The number of aliphatic hydroxyl groups excluding tert-OH is 1. The van der Waals surface area contributed by atoms with Crippen LogP contribution in [0.15, 0.2) is 34.7 Å². The van der Waals surface area contributed by atoms with Gasteiger partial charge in [0.2, 0.25) is 0 Å². The minimum atomic E-state index is -0.167. The number of allylic oxidation sites excluding steroid dienone is 2. The van der Waals surface area contributed by atoms with Gasteiger partial charge in [0.1, 0.15) is 0 Å². The molecule has 4 aliphatic carbocycles. The van der Waals surface area contributed by atoms with Gasteiger partial charge in [0.15, 0.2) is 5.78 Å². The molecule has 1 aromatic rings. The highest BCUT2D eigenvalue weighted by molar-refractivity contribution is 7.10. The largest absolute Gasteiger partial charge is 0.393 e. The number of ketones is 1. The zero-order valence-corrected chi connectivity index (χ0v) is 17.2. The van der Waals surface area contributed by atoms with Gasteiger partial charge < -0.3 is 5.11 Å². The number of thiophene rings is 1. The van der Waals surface area contributed by atoms with Gasteiger partial charge in [0, 0.05) is 10.3 Å². The number of hydrogen-bond acceptors (Lipinski definition) is 3. The highest BCUT2D eigenvalue weighted by atomic mass is 32.1. The van der Waals surface area contributed by atoms with E-state index >= 15 is 0 Å². The van der Waals surface area contributed by atoms with E-state index in [1.54, 1.807) is 11.3 Å². The third kappa shape index (κ3) is 2.57. The monoisotopic (exact) mass is 382 g/mol. The quantitative estimate of drug-likeness (QED) is 0.504. The van der Waals surface area contributed by atoms with Crippen LogP contribution in [0, 0.1) is 28.6 Å². The summed E-state index contributed by atoms with van der Waals surface area (Å²) in [5, 5.41) is 12.2. The molecule has 0 unspecified atom stereocenters. The van der Waals surface area contributed by atoms with E-state index in [0.29, 0.717) is 23.5 Å². The Labute approximate surface area is 166 Å². The molecule has 6 atom stereocenters. The molecule has 0 saturated heterocycles. The molecule has 3 heteroatoms. The van der Waals surface area contributed by atoms with E-state index in [2.05, 4.69) is 43.5 Å². The summed E-state index contributed by atoms with van der Waals surface area (Å²) < 4.78 is 0. The van der Waals surface area contributed by atoms with Crippen LogP contribution in [0.25, 0.3) is 6.08 Å². The zero-order chi connectivity index (χ0) is 18.8. The fourth-order valence-corrected chi connectivity index (χ4v) is 7.67. The summed E-state index contributed by atoms with van der Waals surface area (Å²) in [5.74, 6) is 2.19. The third-order valence-electron chi connectivity index (χ3n) is 8.58. The average molecular weight is 383 g/mol. The van der Waals surface area contributed by atoms with Crippen LogP contribution < -0.4 is 0 Å². The van der Waals surface area contributed by atoms with Crippen molar-refractivity contribution >= 4 is 23.2 Å². The summed E-state index contributed by atoms with van der Waals surface area (Å²) in [6, 6.07) is 4.18. The zero-order valence-electron chi connectivity index (χ0n) is 16.4. The van der Waals surface area contributed by atoms with Gasteiger partial charge in [0.05, 0.1) is 6.10 Å². The van der Waals surface area contributed by atoms with Crippen molar-refractivity contribution in [1.29, 1.82) is 0 Å². The van der Waals surface area contributed by atoms with Crippen LogP contribution in [0.2, 0.25) is 0 Å². The lowest BCUT2D eigenvalue weighted by molar-refractivity contribution is -0.130. The van der Waals surface area contributed by atoms with E-state index in [9.17, 15) is 9.90 Å². The van der Waals surface area contributed by atoms with Crippen LogP contribution in [0.3, 0.4) is 0 Å². The molecular formula is C24H30O2S. The minimum Gasteiger partial charge on any atom is -0.393 e. The molecule has 3 fully saturated rings. The lowest BCUT2D eigenvalue weighted by Crippen LogP contribution is -2.50. The van der Waals surface area contributed by atoms with Crippen LogP contribution in [-0.4, -0.2) is 17.0 Å². The number of Topliss-reactive ketones (excluding diaryl/α,β-unsaturated/α-hetero) is 1. The van der Waals surface area contributed by atoms with Crippen molar-refractivity contribution in [2.75, 3.05) is 0 Å². The second kappa shape index (κ2) is 6.15. The number of carbonyl (C=O) groups excluding carboxylic acids is 1. The van der Waals surface area contributed by atoms with Crippen molar-refractivity contribution in [2.45, 2.75) is 64.9 Å². The first-order valence-corrected chi connectivity index (χ1v) is 11.5. The van der Waals surface area contributed by atoms with Crippen molar-refractivity contribution < 1.29 is 9.90 Å². The van der Waals surface area contributed by atoms with Crippen molar-refractivity contribution in [1.82, 2.24) is 0 Å². The topological polar surface area (TPSA) is 37.3 Å². The maximum Gasteiger partial charge on any atom is 0.165 e. The Hall–Kier alpha value is -1.19.